The molecule has 0 heterocycles. The molecule has 19 heavy (non-hydrogen) atoms. The molecule has 104 valence electrons. The zero-order valence-corrected chi connectivity index (χ0v) is 12.0. The van der Waals surface area contributed by atoms with Crippen LogP contribution in [0.25, 0.3) is 0 Å². The van der Waals surface area contributed by atoms with Gasteiger partial charge in [-0.05, 0) is 30.9 Å². The Hall–Kier alpha value is -1.51. The van der Waals surface area contributed by atoms with Crippen LogP contribution in [0.2, 0.25) is 0 Å². The van der Waals surface area contributed by atoms with Crippen LogP contribution in [-0.2, 0) is 0 Å². The number of anilines is 1. The lowest BCUT2D eigenvalue weighted by atomic mass is 9.89. The summed E-state index contributed by atoms with van der Waals surface area (Å²) in [5, 5.41) is 3.47. The Balaban J connectivity index is 2.01. The Morgan fingerprint density at radius 2 is 1.89 bits per heavy atom. The summed E-state index contributed by atoms with van der Waals surface area (Å²) in [4.78, 5) is 13.7. The van der Waals surface area contributed by atoms with Crippen LogP contribution in [-0.4, -0.2) is 31.4 Å². The maximum absolute atomic E-state index is 12.1. The molecule has 1 aliphatic carbocycles. The molecule has 0 radical (unpaired) electrons. The Kier molecular flexibility index (Phi) is 4.83. The number of hydrogen-bond donors (Lipinski definition) is 1. The molecule has 1 fully saturated rings. The lowest BCUT2D eigenvalue weighted by Gasteiger charge is -2.23. The van der Waals surface area contributed by atoms with Crippen LogP contribution >= 0.6 is 0 Å². The van der Waals surface area contributed by atoms with Gasteiger partial charge in [-0.1, -0.05) is 31.4 Å². The van der Waals surface area contributed by atoms with E-state index in [9.17, 15) is 4.79 Å². The van der Waals surface area contributed by atoms with Crippen LogP contribution in [0.1, 0.15) is 42.5 Å². The molecule has 0 spiro atoms. The Labute approximate surface area is 116 Å². The molecule has 0 aromatic heterocycles. The standard InChI is InChI=1S/C16H24N2O/c1-18(2)16(19)14-10-6-7-11-15(14)17-12-13-8-4-3-5-9-13/h6-7,10-11,13,17H,3-5,8-9,12H2,1-2H3. The first-order valence-electron chi connectivity index (χ1n) is 7.23. The first kappa shape index (κ1) is 13.9. The topological polar surface area (TPSA) is 32.3 Å². The van der Waals surface area contributed by atoms with E-state index in [-0.39, 0.29) is 5.91 Å². The number of rotatable bonds is 4. The molecule has 3 nitrogen and oxygen atoms in total. The number of hydrogen-bond acceptors (Lipinski definition) is 2. The fourth-order valence-electron chi connectivity index (χ4n) is 2.71. The molecule has 3 heteroatoms. The summed E-state index contributed by atoms with van der Waals surface area (Å²) >= 11 is 0. The quantitative estimate of drug-likeness (QED) is 0.900. The van der Waals surface area contributed by atoms with Gasteiger partial charge in [0, 0.05) is 26.3 Å². The van der Waals surface area contributed by atoms with E-state index in [1.807, 2.05) is 24.3 Å². The average molecular weight is 260 g/mol. The van der Waals surface area contributed by atoms with E-state index < -0.39 is 0 Å². The van der Waals surface area contributed by atoms with Crippen molar-refractivity contribution in [1.82, 2.24) is 4.90 Å². The highest BCUT2D eigenvalue weighted by molar-refractivity contribution is 5.99. The maximum atomic E-state index is 12.1. The van der Waals surface area contributed by atoms with E-state index in [1.165, 1.54) is 32.1 Å². The van der Waals surface area contributed by atoms with Crippen LogP contribution in [0.15, 0.2) is 24.3 Å². The van der Waals surface area contributed by atoms with Gasteiger partial charge in [0.15, 0.2) is 0 Å². The number of para-hydroxylation sites is 1. The smallest absolute Gasteiger partial charge is 0.255 e. The van der Waals surface area contributed by atoms with Gasteiger partial charge < -0.3 is 10.2 Å². The van der Waals surface area contributed by atoms with Gasteiger partial charge in [-0.3, -0.25) is 4.79 Å². The number of nitrogens with zero attached hydrogens (tertiary/aromatic N) is 1. The predicted molar refractivity (Wildman–Crippen MR) is 79.5 cm³/mol. The van der Waals surface area contributed by atoms with Crippen LogP contribution in [0, 0.1) is 5.92 Å². The molecule has 1 aliphatic rings. The predicted octanol–water partition coefficient (Wildman–Crippen LogP) is 3.38. The number of amides is 1. The van der Waals surface area contributed by atoms with E-state index in [1.54, 1.807) is 19.0 Å². The average Bonchev–Trinajstić information content (AvgIpc) is 2.45. The maximum Gasteiger partial charge on any atom is 0.255 e. The number of nitrogens with one attached hydrogen (secondary N) is 1. The molecule has 0 unspecified atom stereocenters. The third kappa shape index (κ3) is 3.72. The monoisotopic (exact) mass is 260 g/mol. The van der Waals surface area contributed by atoms with E-state index in [0.29, 0.717) is 0 Å². The van der Waals surface area contributed by atoms with Crippen molar-refractivity contribution < 1.29 is 4.79 Å². The van der Waals surface area contributed by atoms with Gasteiger partial charge in [-0.15, -0.1) is 0 Å². The largest absolute Gasteiger partial charge is 0.384 e. The molecule has 1 amide bonds. The van der Waals surface area contributed by atoms with Gasteiger partial charge in [-0.25, -0.2) is 0 Å². The zero-order chi connectivity index (χ0) is 13.7. The molecule has 0 aliphatic heterocycles. The molecule has 1 aromatic carbocycles. The molecular weight excluding hydrogens is 236 g/mol. The third-order valence-electron chi connectivity index (χ3n) is 3.87. The van der Waals surface area contributed by atoms with Crippen molar-refractivity contribution in [3.63, 3.8) is 0 Å². The summed E-state index contributed by atoms with van der Waals surface area (Å²) in [6.07, 6.45) is 6.72. The fraction of sp³-hybridized carbons (Fsp3) is 0.562. The highest BCUT2D eigenvalue weighted by Gasteiger charge is 2.16. The van der Waals surface area contributed by atoms with Crippen LogP contribution < -0.4 is 5.32 Å². The Morgan fingerprint density at radius 1 is 1.21 bits per heavy atom. The lowest BCUT2D eigenvalue weighted by molar-refractivity contribution is 0.0828. The second-order valence-corrected chi connectivity index (χ2v) is 5.63. The summed E-state index contributed by atoms with van der Waals surface area (Å²) in [5.74, 6) is 0.822. The number of carbonyl (C=O) groups is 1. The summed E-state index contributed by atoms with van der Waals surface area (Å²) in [7, 11) is 3.58. The lowest BCUT2D eigenvalue weighted by Crippen LogP contribution is -2.24. The zero-order valence-electron chi connectivity index (χ0n) is 12.0. The number of carbonyl (C=O) groups excluding carboxylic acids is 1. The van der Waals surface area contributed by atoms with Gasteiger partial charge >= 0.3 is 0 Å². The second kappa shape index (κ2) is 6.60. The SMILES string of the molecule is CN(C)C(=O)c1ccccc1NCC1CCCCC1. The van der Waals surface area contributed by atoms with Crippen molar-refractivity contribution in [2.24, 2.45) is 5.92 Å². The molecule has 0 bridgehead atoms. The molecule has 1 aromatic rings. The molecule has 2 rings (SSSR count). The summed E-state index contributed by atoms with van der Waals surface area (Å²) in [6.45, 7) is 0.984. The van der Waals surface area contributed by atoms with Crippen molar-refractivity contribution in [3.05, 3.63) is 29.8 Å². The summed E-state index contributed by atoms with van der Waals surface area (Å²) in [6, 6.07) is 7.79. The Morgan fingerprint density at radius 3 is 2.58 bits per heavy atom. The van der Waals surface area contributed by atoms with Crippen molar-refractivity contribution >= 4 is 11.6 Å². The molecule has 0 atom stereocenters. The first-order chi connectivity index (χ1) is 9.18. The minimum atomic E-state index is 0.0618. The van der Waals surface area contributed by atoms with Crippen LogP contribution in [0.3, 0.4) is 0 Å². The van der Waals surface area contributed by atoms with Crippen molar-refractivity contribution in [3.8, 4) is 0 Å². The molecular formula is C16H24N2O. The summed E-state index contributed by atoms with van der Waals surface area (Å²) < 4.78 is 0. The summed E-state index contributed by atoms with van der Waals surface area (Å²) in [5.41, 5.74) is 1.73. The van der Waals surface area contributed by atoms with Crippen LogP contribution in [0.5, 0.6) is 0 Å². The normalized spacial score (nSPS) is 16.1. The van der Waals surface area contributed by atoms with E-state index in [4.69, 9.17) is 0 Å². The van der Waals surface area contributed by atoms with Crippen molar-refractivity contribution in [2.75, 3.05) is 26.0 Å². The van der Waals surface area contributed by atoms with E-state index >= 15 is 0 Å². The highest BCUT2D eigenvalue weighted by atomic mass is 16.2. The third-order valence-corrected chi connectivity index (χ3v) is 3.87. The van der Waals surface area contributed by atoms with Gasteiger partial charge in [0.05, 0.1) is 5.56 Å². The van der Waals surface area contributed by atoms with Crippen molar-refractivity contribution in [1.29, 1.82) is 0 Å². The first-order valence-corrected chi connectivity index (χ1v) is 7.23. The van der Waals surface area contributed by atoms with E-state index in [2.05, 4.69) is 5.32 Å². The fourth-order valence-corrected chi connectivity index (χ4v) is 2.71. The molecule has 1 saturated carbocycles. The van der Waals surface area contributed by atoms with Gasteiger partial charge in [0.2, 0.25) is 0 Å². The van der Waals surface area contributed by atoms with Gasteiger partial charge in [-0.2, -0.15) is 0 Å². The minimum Gasteiger partial charge on any atom is -0.384 e. The molecule has 1 N–H and O–H groups in total. The second-order valence-electron chi connectivity index (χ2n) is 5.63. The highest BCUT2D eigenvalue weighted by Crippen LogP contribution is 2.25. The number of benzene rings is 1. The Bertz CT molecular complexity index is 423. The minimum absolute atomic E-state index is 0.0618. The molecule has 0 saturated heterocycles. The van der Waals surface area contributed by atoms with Gasteiger partial charge in [0.1, 0.15) is 0 Å². The van der Waals surface area contributed by atoms with E-state index in [0.717, 1.165) is 23.7 Å². The van der Waals surface area contributed by atoms with Crippen molar-refractivity contribution in [2.45, 2.75) is 32.1 Å². The van der Waals surface area contributed by atoms with Crippen LogP contribution in [0.4, 0.5) is 5.69 Å². The van der Waals surface area contributed by atoms with Gasteiger partial charge in [0.25, 0.3) is 5.91 Å².